The number of amides is 1. The molecule has 0 aromatic carbocycles. The SMILES string of the molecule is CCOC1CC(CN2CCCC(C)(CNC(=O)c3cncc4[nH]cnc34)C2)C1. The summed E-state index contributed by atoms with van der Waals surface area (Å²) >= 11 is 0. The second kappa shape index (κ2) is 8.17. The highest BCUT2D eigenvalue weighted by molar-refractivity contribution is 6.04. The molecule has 0 radical (unpaired) electrons. The third-order valence-electron chi connectivity index (χ3n) is 6.22. The number of carbonyl (C=O) groups is 1. The molecule has 3 heterocycles. The van der Waals surface area contributed by atoms with Crippen LogP contribution >= 0.6 is 0 Å². The molecule has 2 fully saturated rings. The molecule has 2 aliphatic rings. The maximum atomic E-state index is 12.7. The van der Waals surface area contributed by atoms with Gasteiger partial charge in [0.05, 0.1) is 29.7 Å². The zero-order chi connectivity index (χ0) is 19.6. The quantitative estimate of drug-likeness (QED) is 0.765. The van der Waals surface area contributed by atoms with Crippen LogP contribution in [0, 0.1) is 11.3 Å². The van der Waals surface area contributed by atoms with Crippen LogP contribution in [0.2, 0.25) is 0 Å². The van der Waals surface area contributed by atoms with E-state index in [4.69, 9.17) is 4.74 Å². The maximum absolute atomic E-state index is 12.7. The Morgan fingerprint density at radius 1 is 1.43 bits per heavy atom. The summed E-state index contributed by atoms with van der Waals surface area (Å²) < 4.78 is 5.69. The minimum atomic E-state index is -0.0953. The molecule has 152 valence electrons. The van der Waals surface area contributed by atoms with E-state index < -0.39 is 0 Å². The summed E-state index contributed by atoms with van der Waals surface area (Å²) in [7, 11) is 0. The lowest BCUT2D eigenvalue weighted by atomic mass is 9.78. The van der Waals surface area contributed by atoms with E-state index in [0.29, 0.717) is 23.7 Å². The van der Waals surface area contributed by atoms with E-state index in [1.165, 1.54) is 19.3 Å². The molecule has 1 aliphatic heterocycles. The second-order valence-corrected chi connectivity index (χ2v) is 8.73. The van der Waals surface area contributed by atoms with Crippen LogP contribution in [0.25, 0.3) is 11.0 Å². The van der Waals surface area contributed by atoms with Crippen molar-refractivity contribution in [2.24, 2.45) is 11.3 Å². The Morgan fingerprint density at radius 3 is 3.11 bits per heavy atom. The molecule has 4 rings (SSSR count). The maximum Gasteiger partial charge on any atom is 0.255 e. The molecule has 1 saturated carbocycles. The average Bonchev–Trinajstić information content (AvgIpc) is 3.13. The third kappa shape index (κ3) is 4.20. The molecule has 1 aliphatic carbocycles. The number of nitrogens with one attached hydrogen (secondary N) is 2. The summed E-state index contributed by atoms with van der Waals surface area (Å²) in [4.78, 5) is 26.7. The van der Waals surface area contributed by atoms with Crippen LogP contribution in [0.5, 0.6) is 0 Å². The number of pyridine rings is 1. The lowest BCUT2D eigenvalue weighted by molar-refractivity contribution is -0.0398. The number of piperidine rings is 1. The molecule has 0 bridgehead atoms. The van der Waals surface area contributed by atoms with Crippen molar-refractivity contribution in [2.45, 2.75) is 45.6 Å². The van der Waals surface area contributed by atoms with E-state index >= 15 is 0 Å². The number of hydrogen-bond acceptors (Lipinski definition) is 5. The lowest BCUT2D eigenvalue weighted by Crippen LogP contribution is -2.50. The lowest BCUT2D eigenvalue weighted by Gasteiger charge is -2.44. The molecule has 28 heavy (non-hydrogen) atoms. The van der Waals surface area contributed by atoms with Crippen molar-refractivity contribution in [1.82, 2.24) is 25.2 Å². The van der Waals surface area contributed by atoms with E-state index in [1.54, 1.807) is 18.7 Å². The number of aromatic nitrogens is 3. The number of hydrogen-bond donors (Lipinski definition) is 2. The monoisotopic (exact) mass is 385 g/mol. The first kappa shape index (κ1) is 19.3. The van der Waals surface area contributed by atoms with Gasteiger partial charge in [-0.1, -0.05) is 6.92 Å². The van der Waals surface area contributed by atoms with Crippen molar-refractivity contribution < 1.29 is 9.53 Å². The molecule has 7 nitrogen and oxygen atoms in total. The van der Waals surface area contributed by atoms with Gasteiger partial charge in [0.15, 0.2) is 0 Å². The van der Waals surface area contributed by atoms with Gasteiger partial charge in [-0.15, -0.1) is 0 Å². The predicted octanol–water partition coefficient (Wildman–Crippen LogP) is 2.60. The number of H-pyrrole nitrogens is 1. The zero-order valence-electron chi connectivity index (χ0n) is 16.9. The topological polar surface area (TPSA) is 83.1 Å². The van der Waals surface area contributed by atoms with Gasteiger partial charge < -0.3 is 19.9 Å². The third-order valence-corrected chi connectivity index (χ3v) is 6.22. The number of carbonyl (C=O) groups excluding carboxylic acids is 1. The fourth-order valence-electron chi connectivity index (χ4n) is 4.71. The Bertz CT molecular complexity index is 816. The fourth-order valence-corrected chi connectivity index (χ4v) is 4.71. The smallest absolute Gasteiger partial charge is 0.255 e. The van der Waals surface area contributed by atoms with Crippen LogP contribution in [-0.4, -0.2) is 64.6 Å². The van der Waals surface area contributed by atoms with Gasteiger partial charge in [0.2, 0.25) is 0 Å². The highest BCUT2D eigenvalue weighted by Gasteiger charge is 2.36. The molecular formula is C21H31N5O2. The van der Waals surface area contributed by atoms with Gasteiger partial charge in [0.25, 0.3) is 5.91 Å². The number of fused-ring (bicyclic) bond motifs is 1. The molecule has 1 unspecified atom stereocenters. The molecule has 2 N–H and O–H groups in total. The average molecular weight is 386 g/mol. The number of aromatic amines is 1. The summed E-state index contributed by atoms with van der Waals surface area (Å²) in [6.07, 6.45) is 10.1. The Hall–Kier alpha value is -1.99. The summed E-state index contributed by atoms with van der Waals surface area (Å²) in [6, 6.07) is 0. The zero-order valence-corrected chi connectivity index (χ0v) is 16.9. The van der Waals surface area contributed by atoms with Crippen molar-refractivity contribution >= 4 is 16.9 Å². The van der Waals surface area contributed by atoms with Gasteiger partial charge in [-0.25, -0.2) is 4.98 Å². The summed E-state index contributed by atoms with van der Waals surface area (Å²) in [6.45, 7) is 9.21. The molecule has 1 amide bonds. The fraction of sp³-hybridized carbons (Fsp3) is 0.667. The van der Waals surface area contributed by atoms with Gasteiger partial charge in [-0.3, -0.25) is 9.78 Å². The molecular weight excluding hydrogens is 354 g/mol. The molecule has 2 aromatic rings. The van der Waals surface area contributed by atoms with E-state index in [2.05, 4.69) is 39.0 Å². The van der Waals surface area contributed by atoms with Crippen molar-refractivity contribution in [1.29, 1.82) is 0 Å². The van der Waals surface area contributed by atoms with Gasteiger partial charge in [-0.2, -0.15) is 0 Å². The van der Waals surface area contributed by atoms with Crippen LogP contribution in [-0.2, 0) is 4.74 Å². The Labute approximate surface area is 166 Å². The van der Waals surface area contributed by atoms with Gasteiger partial charge >= 0.3 is 0 Å². The van der Waals surface area contributed by atoms with Crippen LogP contribution in [0.4, 0.5) is 0 Å². The van der Waals surface area contributed by atoms with Crippen molar-refractivity contribution in [3.8, 4) is 0 Å². The normalized spacial score (nSPS) is 28.2. The van der Waals surface area contributed by atoms with E-state index in [0.717, 1.165) is 44.1 Å². The summed E-state index contributed by atoms with van der Waals surface area (Å²) in [5, 5.41) is 3.14. The van der Waals surface area contributed by atoms with Crippen molar-refractivity contribution in [3.63, 3.8) is 0 Å². The standard InChI is InChI=1S/C21H31N5O2/c1-3-28-16-7-15(8-16)11-26-6-4-5-21(2,13-26)12-23-20(27)17-9-22-10-18-19(17)25-14-24-18/h9-10,14-16H,3-8,11-13H2,1-2H3,(H,23,27)(H,24,25). The van der Waals surface area contributed by atoms with Gasteiger partial charge in [-0.05, 0) is 50.5 Å². The summed E-state index contributed by atoms with van der Waals surface area (Å²) in [5.41, 5.74) is 2.10. The predicted molar refractivity (Wildman–Crippen MR) is 108 cm³/mol. The number of likely N-dealkylation sites (tertiary alicyclic amines) is 1. The summed E-state index contributed by atoms with van der Waals surface area (Å²) in [5.74, 6) is 0.666. The second-order valence-electron chi connectivity index (χ2n) is 8.73. The molecule has 1 saturated heterocycles. The first-order chi connectivity index (χ1) is 13.6. The van der Waals surface area contributed by atoms with E-state index in [1.807, 2.05) is 0 Å². The minimum Gasteiger partial charge on any atom is -0.378 e. The Balaban J connectivity index is 1.30. The van der Waals surface area contributed by atoms with Gasteiger partial charge in [0.1, 0.15) is 5.52 Å². The molecule has 0 spiro atoms. The molecule has 7 heteroatoms. The van der Waals surface area contributed by atoms with Gasteiger partial charge in [0, 0.05) is 32.4 Å². The van der Waals surface area contributed by atoms with E-state index in [9.17, 15) is 4.79 Å². The number of imidazole rings is 1. The Kier molecular flexibility index (Phi) is 5.64. The first-order valence-corrected chi connectivity index (χ1v) is 10.5. The highest BCUT2D eigenvalue weighted by Crippen LogP contribution is 2.34. The number of ether oxygens (including phenoxy) is 1. The number of nitrogens with zero attached hydrogens (tertiary/aromatic N) is 3. The van der Waals surface area contributed by atoms with Crippen LogP contribution < -0.4 is 5.32 Å². The van der Waals surface area contributed by atoms with Crippen LogP contribution in [0.15, 0.2) is 18.7 Å². The number of rotatable bonds is 7. The van der Waals surface area contributed by atoms with Crippen molar-refractivity contribution in [3.05, 3.63) is 24.3 Å². The first-order valence-electron chi connectivity index (χ1n) is 10.5. The van der Waals surface area contributed by atoms with Crippen LogP contribution in [0.3, 0.4) is 0 Å². The molecule has 2 aromatic heterocycles. The minimum absolute atomic E-state index is 0.0953. The van der Waals surface area contributed by atoms with Crippen LogP contribution in [0.1, 0.15) is 49.9 Å². The van der Waals surface area contributed by atoms with Crippen molar-refractivity contribution in [2.75, 3.05) is 32.8 Å². The van der Waals surface area contributed by atoms with E-state index in [-0.39, 0.29) is 11.3 Å². The Morgan fingerprint density at radius 2 is 2.29 bits per heavy atom. The molecule has 1 atom stereocenters. The highest BCUT2D eigenvalue weighted by atomic mass is 16.5. The largest absolute Gasteiger partial charge is 0.378 e.